The first-order chi connectivity index (χ1) is 14.0. The Morgan fingerprint density at radius 3 is 2.69 bits per heavy atom. The van der Waals surface area contributed by atoms with Crippen LogP contribution >= 0.6 is 11.6 Å². The monoisotopic (exact) mass is 407 g/mol. The average Bonchev–Trinajstić information content (AvgIpc) is 2.73. The summed E-state index contributed by atoms with van der Waals surface area (Å²) in [6.07, 6.45) is 5.41. The first-order valence-electron chi connectivity index (χ1n) is 10.4. The lowest BCUT2D eigenvalue weighted by Crippen LogP contribution is -2.52. The van der Waals surface area contributed by atoms with Crippen molar-refractivity contribution >= 4 is 28.9 Å². The summed E-state index contributed by atoms with van der Waals surface area (Å²) in [7, 11) is 0. The van der Waals surface area contributed by atoms with Crippen LogP contribution in [0.4, 0.5) is 11.4 Å². The van der Waals surface area contributed by atoms with E-state index in [1.54, 1.807) is 0 Å². The Hall–Kier alpha value is -2.51. The quantitative estimate of drug-likeness (QED) is 0.656. The number of fused-ring (bicyclic) bond motifs is 1. The van der Waals surface area contributed by atoms with Crippen molar-refractivity contribution in [2.45, 2.75) is 51.1 Å². The van der Waals surface area contributed by atoms with Gasteiger partial charge in [-0.2, -0.15) is 0 Å². The van der Waals surface area contributed by atoms with E-state index in [1.165, 1.54) is 6.42 Å². The zero-order valence-corrected chi connectivity index (χ0v) is 17.5. The largest absolute Gasteiger partial charge is 0.368 e. The summed E-state index contributed by atoms with van der Waals surface area (Å²) < 4.78 is 0. The highest BCUT2D eigenvalue weighted by Crippen LogP contribution is 2.39. The lowest BCUT2D eigenvalue weighted by atomic mass is 9.76. The van der Waals surface area contributed by atoms with Crippen LogP contribution in [0.1, 0.15) is 48.0 Å². The SMILES string of the molecule is [C-]#[N+]c1ccc(N2CCC[C@@H]3C[C@H](NC(=O)c4ccc(C)cc4)CC[C@H]32)cc1Cl. The summed E-state index contributed by atoms with van der Waals surface area (Å²) in [6.45, 7) is 10.2. The molecule has 0 aromatic heterocycles. The molecule has 0 radical (unpaired) electrons. The highest BCUT2D eigenvalue weighted by atomic mass is 35.5. The van der Waals surface area contributed by atoms with Gasteiger partial charge in [-0.3, -0.25) is 4.79 Å². The van der Waals surface area contributed by atoms with Gasteiger partial charge in [0.05, 0.1) is 6.57 Å². The first-order valence-corrected chi connectivity index (χ1v) is 10.7. The van der Waals surface area contributed by atoms with Gasteiger partial charge in [-0.25, -0.2) is 4.85 Å². The third kappa shape index (κ3) is 4.26. The van der Waals surface area contributed by atoms with Crippen LogP contribution in [0.25, 0.3) is 4.85 Å². The molecule has 2 aromatic rings. The smallest absolute Gasteiger partial charge is 0.251 e. The minimum Gasteiger partial charge on any atom is -0.368 e. The number of benzene rings is 2. The molecule has 2 aliphatic rings. The Bertz CT molecular complexity index is 934. The molecule has 1 saturated heterocycles. The highest BCUT2D eigenvalue weighted by Gasteiger charge is 2.37. The number of rotatable bonds is 3. The van der Waals surface area contributed by atoms with E-state index < -0.39 is 0 Å². The number of piperidine rings is 1. The minimum atomic E-state index is 0.0302. The van der Waals surface area contributed by atoms with E-state index in [9.17, 15) is 4.79 Å². The summed E-state index contributed by atoms with van der Waals surface area (Å²) in [5, 5.41) is 3.78. The molecule has 29 heavy (non-hydrogen) atoms. The number of nitrogens with zero attached hydrogens (tertiary/aromatic N) is 2. The van der Waals surface area contributed by atoms with E-state index in [-0.39, 0.29) is 11.9 Å². The number of nitrogens with one attached hydrogen (secondary N) is 1. The molecule has 1 aliphatic heterocycles. The van der Waals surface area contributed by atoms with Crippen molar-refractivity contribution < 1.29 is 4.79 Å². The summed E-state index contributed by atoms with van der Waals surface area (Å²) in [6, 6.07) is 14.2. The molecule has 2 aromatic carbocycles. The van der Waals surface area contributed by atoms with E-state index in [2.05, 4.69) is 15.1 Å². The van der Waals surface area contributed by atoms with Crippen molar-refractivity contribution in [1.29, 1.82) is 0 Å². The van der Waals surface area contributed by atoms with Crippen LogP contribution in [0.5, 0.6) is 0 Å². The molecule has 2 fully saturated rings. The second-order valence-corrected chi connectivity index (χ2v) is 8.67. The third-order valence-corrected chi connectivity index (χ3v) is 6.65. The fourth-order valence-electron chi connectivity index (χ4n) is 4.85. The Balaban J connectivity index is 1.42. The number of amides is 1. The van der Waals surface area contributed by atoms with Crippen LogP contribution < -0.4 is 10.2 Å². The normalized spacial score (nSPS) is 23.8. The number of hydrogen-bond donors (Lipinski definition) is 1. The van der Waals surface area contributed by atoms with Crippen LogP contribution in [-0.4, -0.2) is 24.5 Å². The highest BCUT2D eigenvalue weighted by molar-refractivity contribution is 6.33. The van der Waals surface area contributed by atoms with Crippen molar-refractivity contribution in [2.24, 2.45) is 5.92 Å². The van der Waals surface area contributed by atoms with E-state index in [0.29, 0.717) is 22.7 Å². The standard InChI is InChI=1S/C24H26ClN3O/c1-16-5-7-17(8-6-16)24(29)27-19-9-12-23-18(14-19)4-3-13-28(23)20-10-11-22(26-2)21(25)15-20/h5-8,10-11,15,18-19,23H,3-4,9,12-14H2,1H3,(H,27,29)/t18-,19-,23-/m1/s1. The predicted octanol–water partition coefficient (Wildman–Crippen LogP) is 5.77. The second kappa shape index (κ2) is 8.47. The third-order valence-electron chi connectivity index (χ3n) is 6.35. The molecule has 1 aliphatic carbocycles. The first kappa shape index (κ1) is 19.8. The molecular weight excluding hydrogens is 382 g/mol. The van der Waals surface area contributed by atoms with Crippen LogP contribution in [0.3, 0.4) is 0 Å². The number of carbonyl (C=O) groups is 1. The van der Waals surface area contributed by atoms with Crippen molar-refractivity contribution in [1.82, 2.24) is 5.32 Å². The molecule has 4 nitrogen and oxygen atoms in total. The van der Waals surface area contributed by atoms with Gasteiger partial charge in [-0.05, 0) is 69.2 Å². The fraction of sp³-hybridized carbons (Fsp3) is 0.417. The molecule has 3 atom stereocenters. The molecule has 0 unspecified atom stereocenters. The van der Waals surface area contributed by atoms with Gasteiger partial charge in [-0.15, -0.1) is 0 Å². The number of aryl methyl sites for hydroxylation is 1. The molecule has 1 heterocycles. The van der Waals surface area contributed by atoms with Gasteiger partial charge in [0.1, 0.15) is 0 Å². The summed E-state index contributed by atoms with van der Waals surface area (Å²) in [5.41, 5.74) is 3.51. The van der Waals surface area contributed by atoms with Gasteiger partial charge in [0.2, 0.25) is 5.69 Å². The van der Waals surface area contributed by atoms with Crippen LogP contribution in [0.2, 0.25) is 5.02 Å². The second-order valence-electron chi connectivity index (χ2n) is 8.26. The number of halogens is 1. The number of carbonyl (C=O) groups excluding carboxylic acids is 1. The van der Waals surface area contributed by atoms with Crippen LogP contribution in [0.15, 0.2) is 42.5 Å². The van der Waals surface area contributed by atoms with Crippen molar-refractivity contribution in [3.8, 4) is 0 Å². The van der Waals surface area contributed by atoms with Gasteiger partial charge >= 0.3 is 0 Å². The van der Waals surface area contributed by atoms with Crippen molar-refractivity contribution in [3.63, 3.8) is 0 Å². The summed E-state index contributed by atoms with van der Waals surface area (Å²) in [4.78, 5) is 18.5. The molecule has 0 bridgehead atoms. The van der Waals surface area contributed by atoms with Gasteiger partial charge in [0, 0.05) is 34.9 Å². The molecule has 4 rings (SSSR count). The van der Waals surface area contributed by atoms with Crippen LogP contribution in [0, 0.1) is 19.4 Å². The Labute approximate surface area is 177 Å². The molecule has 1 saturated carbocycles. The number of anilines is 1. The molecule has 1 amide bonds. The van der Waals surface area contributed by atoms with Crippen molar-refractivity contribution in [3.05, 3.63) is 70.0 Å². The van der Waals surface area contributed by atoms with E-state index in [0.717, 1.165) is 49.0 Å². The molecular formula is C24H26ClN3O. The average molecular weight is 408 g/mol. The predicted molar refractivity (Wildman–Crippen MR) is 118 cm³/mol. The van der Waals surface area contributed by atoms with Crippen molar-refractivity contribution in [2.75, 3.05) is 11.4 Å². The lowest BCUT2D eigenvalue weighted by Gasteiger charge is -2.47. The maximum absolute atomic E-state index is 12.6. The fourth-order valence-corrected chi connectivity index (χ4v) is 5.07. The van der Waals surface area contributed by atoms with Crippen LogP contribution in [-0.2, 0) is 0 Å². The zero-order valence-electron chi connectivity index (χ0n) is 16.7. The lowest BCUT2D eigenvalue weighted by molar-refractivity contribution is 0.0908. The summed E-state index contributed by atoms with van der Waals surface area (Å²) >= 11 is 6.28. The van der Waals surface area contributed by atoms with Gasteiger partial charge in [0.15, 0.2) is 0 Å². The summed E-state index contributed by atoms with van der Waals surface area (Å²) in [5.74, 6) is 0.600. The Morgan fingerprint density at radius 1 is 1.17 bits per heavy atom. The van der Waals surface area contributed by atoms with Gasteiger partial charge < -0.3 is 10.2 Å². The van der Waals surface area contributed by atoms with Gasteiger partial charge in [-0.1, -0.05) is 35.4 Å². The number of hydrogen-bond acceptors (Lipinski definition) is 2. The molecule has 1 N–H and O–H groups in total. The topological polar surface area (TPSA) is 36.7 Å². The van der Waals surface area contributed by atoms with E-state index in [1.807, 2.05) is 49.4 Å². The zero-order chi connectivity index (χ0) is 20.4. The molecule has 0 spiro atoms. The van der Waals surface area contributed by atoms with E-state index >= 15 is 0 Å². The molecule has 5 heteroatoms. The Morgan fingerprint density at radius 2 is 1.97 bits per heavy atom. The molecule has 150 valence electrons. The van der Waals surface area contributed by atoms with Gasteiger partial charge in [0.25, 0.3) is 5.91 Å². The minimum absolute atomic E-state index is 0.0302. The maximum Gasteiger partial charge on any atom is 0.251 e. The Kier molecular flexibility index (Phi) is 5.78. The van der Waals surface area contributed by atoms with E-state index in [4.69, 9.17) is 18.2 Å². The maximum atomic E-state index is 12.6.